The number of halogens is 1. The summed E-state index contributed by atoms with van der Waals surface area (Å²) in [4.78, 5) is 4.14. The molecule has 0 saturated carbocycles. The first-order valence-electron chi connectivity index (χ1n) is 5.80. The Kier molecular flexibility index (Phi) is 3.23. The van der Waals surface area contributed by atoms with Crippen molar-refractivity contribution in [2.24, 2.45) is 0 Å². The highest BCUT2D eigenvalue weighted by Gasteiger charge is 2.08. The van der Waals surface area contributed by atoms with Crippen molar-refractivity contribution in [3.8, 4) is 11.1 Å². The minimum absolute atomic E-state index is 0.132. The van der Waals surface area contributed by atoms with Gasteiger partial charge in [0.1, 0.15) is 5.82 Å². The molecule has 0 bridgehead atoms. The molecule has 0 N–H and O–H groups in total. The van der Waals surface area contributed by atoms with Crippen LogP contribution in [0.15, 0.2) is 36.5 Å². The molecule has 0 aliphatic carbocycles. The van der Waals surface area contributed by atoms with Gasteiger partial charge in [0.15, 0.2) is 0 Å². The summed E-state index contributed by atoms with van der Waals surface area (Å²) in [6, 6.07) is 9.29. The molecule has 2 rings (SSSR count). The largest absolute Gasteiger partial charge is 0.262 e. The van der Waals surface area contributed by atoms with E-state index >= 15 is 0 Å². The summed E-state index contributed by atoms with van der Waals surface area (Å²) in [5.41, 5.74) is 3.61. The first kappa shape index (κ1) is 11.8. The van der Waals surface area contributed by atoms with Crippen molar-refractivity contribution in [2.75, 3.05) is 0 Å². The van der Waals surface area contributed by atoms with Gasteiger partial charge in [-0.15, -0.1) is 0 Å². The third kappa shape index (κ3) is 2.52. The van der Waals surface area contributed by atoms with Crippen LogP contribution in [0.25, 0.3) is 11.1 Å². The van der Waals surface area contributed by atoms with Crippen molar-refractivity contribution < 1.29 is 4.39 Å². The highest BCUT2D eigenvalue weighted by molar-refractivity contribution is 5.64. The van der Waals surface area contributed by atoms with E-state index < -0.39 is 0 Å². The number of nitrogens with zero attached hydrogens (tertiary/aromatic N) is 1. The van der Waals surface area contributed by atoms with E-state index in [0.29, 0.717) is 0 Å². The fraction of sp³-hybridized carbons (Fsp3) is 0.267. The second-order valence-corrected chi connectivity index (χ2v) is 4.58. The molecule has 0 amide bonds. The van der Waals surface area contributed by atoms with Gasteiger partial charge < -0.3 is 0 Å². The van der Waals surface area contributed by atoms with Gasteiger partial charge in [-0.25, -0.2) is 4.39 Å². The van der Waals surface area contributed by atoms with E-state index in [2.05, 4.69) is 4.98 Å². The first-order valence-corrected chi connectivity index (χ1v) is 5.80. The molecule has 0 aliphatic rings. The molecule has 0 spiro atoms. The lowest BCUT2D eigenvalue weighted by Crippen LogP contribution is -1.93. The molecule has 0 fully saturated rings. The van der Waals surface area contributed by atoms with Crippen LogP contribution in [-0.4, -0.2) is 4.98 Å². The van der Waals surface area contributed by atoms with Gasteiger partial charge in [0, 0.05) is 11.9 Å². The SMILES string of the molecule is Cc1cc(-c2ccc(C(C)C)c(F)c2)ccn1. The third-order valence-electron chi connectivity index (χ3n) is 2.85. The first-order chi connectivity index (χ1) is 8.08. The summed E-state index contributed by atoms with van der Waals surface area (Å²) in [7, 11) is 0. The Morgan fingerprint density at radius 1 is 1.06 bits per heavy atom. The Hall–Kier alpha value is -1.70. The Morgan fingerprint density at radius 3 is 2.35 bits per heavy atom. The van der Waals surface area contributed by atoms with Crippen LogP contribution in [-0.2, 0) is 0 Å². The van der Waals surface area contributed by atoms with Crippen LogP contribution >= 0.6 is 0 Å². The zero-order valence-electron chi connectivity index (χ0n) is 10.4. The van der Waals surface area contributed by atoms with E-state index in [0.717, 1.165) is 22.4 Å². The van der Waals surface area contributed by atoms with Crippen molar-refractivity contribution in [3.63, 3.8) is 0 Å². The molecule has 1 nitrogen and oxygen atoms in total. The van der Waals surface area contributed by atoms with Gasteiger partial charge in [0.05, 0.1) is 0 Å². The van der Waals surface area contributed by atoms with Crippen LogP contribution in [0.1, 0.15) is 31.0 Å². The summed E-state index contributed by atoms with van der Waals surface area (Å²) in [6.45, 7) is 5.92. The second-order valence-electron chi connectivity index (χ2n) is 4.58. The number of rotatable bonds is 2. The summed E-state index contributed by atoms with van der Waals surface area (Å²) < 4.78 is 13.9. The van der Waals surface area contributed by atoms with Crippen molar-refractivity contribution >= 4 is 0 Å². The van der Waals surface area contributed by atoms with Crippen LogP contribution in [0.2, 0.25) is 0 Å². The van der Waals surface area contributed by atoms with E-state index in [9.17, 15) is 4.39 Å². The van der Waals surface area contributed by atoms with E-state index in [1.165, 1.54) is 0 Å². The molecular weight excluding hydrogens is 213 g/mol. The smallest absolute Gasteiger partial charge is 0.127 e. The van der Waals surface area contributed by atoms with Crippen LogP contribution in [0.4, 0.5) is 4.39 Å². The molecule has 2 heteroatoms. The predicted molar refractivity (Wildman–Crippen MR) is 68.5 cm³/mol. The van der Waals surface area contributed by atoms with E-state index in [4.69, 9.17) is 0 Å². The van der Waals surface area contributed by atoms with Crippen LogP contribution < -0.4 is 0 Å². The molecule has 17 heavy (non-hydrogen) atoms. The number of pyridine rings is 1. The number of aryl methyl sites for hydroxylation is 1. The topological polar surface area (TPSA) is 12.9 Å². The van der Waals surface area contributed by atoms with E-state index in [-0.39, 0.29) is 11.7 Å². The van der Waals surface area contributed by atoms with E-state index in [1.54, 1.807) is 12.3 Å². The molecule has 0 aliphatic heterocycles. The highest BCUT2D eigenvalue weighted by atomic mass is 19.1. The fourth-order valence-corrected chi connectivity index (χ4v) is 1.90. The molecule has 1 aromatic heterocycles. The van der Waals surface area contributed by atoms with Crippen molar-refractivity contribution in [2.45, 2.75) is 26.7 Å². The minimum atomic E-state index is -0.132. The Bertz CT molecular complexity index is 532. The number of benzene rings is 1. The maximum absolute atomic E-state index is 13.9. The summed E-state index contributed by atoms with van der Waals surface area (Å²) >= 11 is 0. The third-order valence-corrected chi connectivity index (χ3v) is 2.85. The zero-order chi connectivity index (χ0) is 12.4. The molecule has 0 atom stereocenters. The summed E-state index contributed by atoms with van der Waals surface area (Å²) in [5, 5.41) is 0. The number of hydrogen-bond donors (Lipinski definition) is 0. The van der Waals surface area contributed by atoms with Gasteiger partial charge in [-0.1, -0.05) is 26.0 Å². The van der Waals surface area contributed by atoms with Crippen LogP contribution in [0.5, 0.6) is 0 Å². The highest BCUT2D eigenvalue weighted by Crippen LogP contribution is 2.25. The predicted octanol–water partition coefficient (Wildman–Crippen LogP) is 4.32. The zero-order valence-corrected chi connectivity index (χ0v) is 10.4. The molecular formula is C15H16FN. The molecule has 2 aromatic rings. The average Bonchev–Trinajstić information content (AvgIpc) is 2.28. The van der Waals surface area contributed by atoms with Crippen LogP contribution in [0.3, 0.4) is 0 Å². The normalized spacial score (nSPS) is 10.9. The Morgan fingerprint density at radius 2 is 1.76 bits per heavy atom. The van der Waals surface area contributed by atoms with Gasteiger partial charge in [0.25, 0.3) is 0 Å². The average molecular weight is 229 g/mol. The van der Waals surface area contributed by atoms with Gasteiger partial charge in [-0.05, 0) is 47.7 Å². The van der Waals surface area contributed by atoms with Gasteiger partial charge >= 0.3 is 0 Å². The van der Waals surface area contributed by atoms with Crippen molar-refractivity contribution in [1.29, 1.82) is 0 Å². The summed E-state index contributed by atoms with van der Waals surface area (Å²) in [6.07, 6.45) is 1.75. The van der Waals surface area contributed by atoms with Gasteiger partial charge in [-0.2, -0.15) is 0 Å². The van der Waals surface area contributed by atoms with E-state index in [1.807, 2.05) is 45.0 Å². The molecule has 1 aromatic carbocycles. The molecule has 0 radical (unpaired) electrons. The Balaban J connectivity index is 2.44. The maximum Gasteiger partial charge on any atom is 0.127 e. The number of hydrogen-bond acceptors (Lipinski definition) is 1. The Labute approximate surface area is 101 Å². The van der Waals surface area contributed by atoms with Crippen molar-refractivity contribution in [3.05, 3.63) is 53.6 Å². The molecule has 0 saturated heterocycles. The van der Waals surface area contributed by atoms with Crippen LogP contribution in [0, 0.1) is 12.7 Å². The lowest BCUT2D eigenvalue weighted by atomic mass is 9.98. The standard InChI is InChI=1S/C15H16FN/c1-10(2)14-5-4-12(9-15(14)16)13-6-7-17-11(3)8-13/h4-10H,1-3H3. The number of aromatic nitrogens is 1. The summed E-state index contributed by atoms with van der Waals surface area (Å²) in [5.74, 6) is 0.0789. The van der Waals surface area contributed by atoms with Gasteiger partial charge in [0.2, 0.25) is 0 Å². The quantitative estimate of drug-likeness (QED) is 0.747. The minimum Gasteiger partial charge on any atom is -0.262 e. The second kappa shape index (κ2) is 4.66. The maximum atomic E-state index is 13.9. The molecule has 1 heterocycles. The molecule has 88 valence electrons. The lowest BCUT2D eigenvalue weighted by molar-refractivity contribution is 0.599. The molecule has 0 unspecified atom stereocenters. The van der Waals surface area contributed by atoms with Gasteiger partial charge in [-0.3, -0.25) is 4.98 Å². The lowest BCUT2D eigenvalue weighted by Gasteiger charge is -2.09. The fourth-order valence-electron chi connectivity index (χ4n) is 1.90. The monoisotopic (exact) mass is 229 g/mol. The van der Waals surface area contributed by atoms with Crippen molar-refractivity contribution in [1.82, 2.24) is 4.98 Å².